The van der Waals surface area contributed by atoms with Gasteiger partial charge >= 0.3 is 6.18 Å². The lowest BCUT2D eigenvalue weighted by Crippen LogP contribution is -2.26. The number of halogens is 4. The number of aromatic nitrogens is 2. The van der Waals surface area contributed by atoms with Gasteiger partial charge in [0.2, 0.25) is 5.91 Å². The molecular formula is C10H11BrF3N3O. The molecule has 0 saturated carbocycles. The molecule has 1 aliphatic rings. The Morgan fingerprint density at radius 3 is 2.67 bits per heavy atom. The molecule has 0 spiro atoms. The van der Waals surface area contributed by atoms with Gasteiger partial charge in [0.05, 0.1) is 0 Å². The molecule has 1 amide bonds. The van der Waals surface area contributed by atoms with Crippen LogP contribution < -0.4 is 4.90 Å². The number of hydrogen-bond donors (Lipinski definition) is 0. The molecule has 0 bridgehead atoms. The second-order valence-electron chi connectivity index (χ2n) is 4.24. The van der Waals surface area contributed by atoms with Crippen molar-refractivity contribution in [2.75, 3.05) is 16.8 Å². The zero-order chi connectivity index (χ0) is 13.5. The fraction of sp³-hybridized carbons (Fsp3) is 0.600. The van der Waals surface area contributed by atoms with E-state index in [0.29, 0.717) is 18.3 Å². The van der Waals surface area contributed by atoms with Gasteiger partial charge in [0.25, 0.3) is 0 Å². The number of aryl methyl sites for hydroxylation is 1. The minimum absolute atomic E-state index is 0.127. The van der Waals surface area contributed by atoms with Crippen LogP contribution in [0.4, 0.5) is 19.0 Å². The Balaban J connectivity index is 2.29. The maximum Gasteiger partial charge on any atom is 0.435 e. The van der Waals surface area contributed by atoms with E-state index >= 15 is 0 Å². The van der Waals surface area contributed by atoms with Crippen molar-refractivity contribution in [3.05, 3.63) is 11.8 Å². The highest BCUT2D eigenvalue weighted by Gasteiger charge is 2.37. The Morgan fingerprint density at radius 1 is 1.56 bits per heavy atom. The summed E-state index contributed by atoms with van der Waals surface area (Å²) in [6.45, 7) is 0.418. The first-order valence-corrected chi connectivity index (χ1v) is 6.42. The number of alkyl halides is 4. The molecule has 1 aromatic rings. The summed E-state index contributed by atoms with van der Waals surface area (Å²) in [6, 6.07) is 0.911. The van der Waals surface area contributed by atoms with Crippen LogP contribution in [0.25, 0.3) is 0 Å². The van der Waals surface area contributed by atoms with Crippen LogP contribution in [0.2, 0.25) is 0 Å². The number of nitrogens with zero attached hydrogens (tertiary/aromatic N) is 3. The van der Waals surface area contributed by atoms with Crippen molar-refractivity contribution < 1.29 is 18.0 Å². The van der Waals surface area contributed by atoms with Crippen molar-refractivity contribution in [3.63, 3.8) is 0 Å². The number of hydrogen-bond acceptors (Lipinski definition) is 2. The smallest absolute Gasteiger partial charge is 0.297 e. The minimum Gasteiger partial charge on any atom is -0.297 e. The molecule has 1 atom stereocenters. The first kappa shape index (κ1) is 13.4. The first-order valence-electron chi connectivity index (χ1n) is 5.30. The highest BCUT2D eigenvalue weighted by Crippen LogP contribution is 2.33. The molecule has 100 valence electrons. The molecule has 0 aliphatic carbocycles. The fourth-order valence-electron chi connectivity index (χ4n) is 1.95. The van der Waals surface area contributed by atoms with E-state index in [-0.39, 0.29) is 17.6 Å². The van der Waals surface area contributed by atoms with Gasteiger partial charge in [0.15, 0.2) is 5.69 Å². The Kier molecular flexibility index (Phi) is 3.39. The summed E-state index contributed by atoms with van der Waals surface area (Å²) in [7, 11) is 1.40. The van der Waals surface area contributed by atoms with Crippen LogP contribution in [0, 0.1) is 5.92 Å². The molecular weight excluding hydrogens is 315 g/mol. The highest BCUT2D eigenvalue weighted by molar-refractivity contribution is 9.09. The predicted octanol–water partition coefficient (Wildman–Crippen LogP) is 2.19. The van der Waals surface area contributed by atoms with Crippen LogP contribution in [0.3, 0.4) is 0 Å². The van der Waals surface area contributed by atoms with Gasteiger partial charge in [-0.3, -0.25) is 14.4 Å². The van der Waals surface area contributed by atoms with Gasteiger partial charge in [0, 0.05) is 31.4 Å². The standard InChI is InChI=1S/C10H11BrF3N3O/c1-16-8(3-7(15-16)10(12,13)14)17-5-6(4-11)2-9(17)18/h3,6H,2,4-5H2,1H3. The van der Waals surface area contributed by atoms with Crippen molar-refractivity contribution in [2.45, 2.75) is 12.6 Å². The van der Waals surface area contributed by atoms with Crippen molar-refractivity contribution >= 4 is 27.7 Å². The van der Waals surface area contributed by atoms with Gasteiger partial charge in [-0.1, -0.05) is 15.9 Å². The minimum atomic E-state index is -4.49. The molecule has 2 rings (SSSR count). The number of carbonyl (C=O) groups is 1. The van der Waals surface area contributed by atoms with E-state index in [4.69, 9.17) is 0 Å². The lowest BCUT2D eigenvalue weighted by Gasteiger charge is -2.15. The van der Waals surface area contributed by atoms with E-state index in [2.05, 4.69) is 21.0 Å². The fourth-order valence-corrected chi connectivity index (χ4v) is 2.39. The van der Waals surface area contributed by atoms with E-state index in [9.17, 15) is 18.0 Å². The monoisotopic (exact) mass is 325 g/mol. The van der Waals surface area contributed by atoms with Gasteiger partial charge in [-0.2, -0.15) is 18.3 Å². The van der Waals surface area contributed by atoms with Crippen LogP contribution in [0.5, 0.6) is 0 Å². The molecule has 1 saturated heterocycles. The van der Waals surface area contributed by atoms with E-state index in [1.165, 1.54) is 11.9 Å². The zero-order valence-corrected chi connectivity index (χ0v) is 11.1. The maximum absolute atomic E-state index is 12.5. The average molecular weight is 326 g/mol. The second kappa shape index (κ2) is 4.56. The first-order chi connectivity index (χ1) is 8.32. The molecule has 1 fully saturated rings. The molecule has 1 aliphatic heterocycles. The number of rotatable bonds is 2. The summed E-state index contributed by atoms with van der Waals surface area (Å²) in [5.74, 6) is 0.147. The highest BCUT2D eigenvalue weighted by atomic mass is 79.9. The van der Waals surface area contributed by atoms with E-state index in [0.717, 1.165) is 10.7 Å². The van der Waals surface area contributed by atoms with E-state index in [1.54, 1.807) is 0 Å². The van der Waals surface area contributed by atoms with Crippen LogP contribution in [0.15, 0.2) is 6.07 Å². The van der Waals surface area contributed by atoms with Crippen molar-refractivity contribution in [1.29, 1.82) is 0 Å². The van der Waals surface area contributed by atoms with Gasteiger partial charge in [0.1, 0.15) is 5.82 Å². The lowest BCUT2D eigenvalue weighted by molar-refractivity contribution is -0.141. The average Bonchev–Trinajstić information content (AvgIpc) is 2.81. The van der Waals surface area contributed by atoms with Crippen molar-refractivity contribution in [3.8, 4) is 0 Å². The third-order valence-corrected chi connectivity index (χ3v) is 3.76. The summed E-state index contributed by atoms with van der Waals surface area (Å²) in [6.07, 6.45) is -4.15. The summed E-state index contributed by atoms with van der Waals surface area (Å²) in [5.41, 5.74) is -0.977. The molecule has 1 unspecified atom stereocenters. The quantitative estimate of drug-likeness (QED) is 0.782. The summed E-state index contributed by atoms with van der Waals surface area (Å²) >= 11 is 3.28. The Labute approximate surface area is 110 Å². The molecule has 0 N–H and O–H groups in total. The van der Waals surface area contributed by atoms with Crippen molar-refractivity contribution in [1.82, 2.24) is 9.78 Å². The van der Waals surface area contributed by atoms with Gasteiger partial charge in [-0.05, 0) is 5.92 Å². The Hall–Kier alpha value is -1.05. The SMILES string of the molecule is Cn1nc(C(F)(F)F)cc1N1CC(CBr)CC1=O. The molecule has 18 heavy (non-hydrogen) atoms. The Morgan fingerprint density at radius 2 is 2.22 bits per heavy atom. The summed E-state index contributed by atoms with van der Waals surface area (Å²) in [4.78, 5) is 13.1. The third-order valence-electron chi connectivity index (χ3n) is 2.85. The summed E-state index contributed by atoms with van der Waals surface area (Å²) in [5, 5.41) is 4.05. The number of carbonyl (C=O) groups excluding carboxylic acids is 1. The number of amides is 1. The molecule has 2 heterocycles. The zero-order valence-electron chi connectivity index (χ0n) is 9.54. The Bertz CT molecular complexity index is 471. The molecule has 0 aromatic carbocycles. The van der Waals surface area contributed by atoms with Gasteiger partial charge in [-0.15, -0.1) is 0 Å². The van der Waals surface area contributed by atoms with Gasteiger partial charge in [-0.25, -0.2) is 0 Å². The molecule has 4 nitrogen and oxygen atoms in total. The van der Waals surface area contributed by atoms with E-state index < -0.39 is 11.9 Å². The molecule has 0 radical (unpaired) electrons. The molecule has 1 aromatic heterocycles. The second-order valence-corrected chi connectivity index (χ2v) is 4.89. The predicted molar refractivity (Wildman–Crippen MR) is 62.5 cm³/mol. The van der Waals surface area contributed by atoms with Crippen LogP contribution in [-0.4, -0.2) is 27.6 Å². The molecule has 8 heteroatoms. The van der Waals surface area contributed by atoms with Gasteiger partial charge < -0.3 is 0 Å². The normalized spacial score (nSPS) is 20.8. The van der Waals surface area contributed by atoms with Crippen LogP contribution in [-0.2, 0) is 18.0 Å². The van der Waals surface area contributed by atoms with Crippen LogP contribution in [0.1, 0.15) is 12.1 Å². The van der Waals surface area contributed by atoms with E-state index in [1.807, 2.05) is 0 Å². The largest absolute Gasteiger partial charge is 0.435 e. The third kappa shape index (κ3) is 2.38. The van der Waals surface area contributed by atoms with Crippen LogP contribution >= 0.6 is 15.9 Å². The maximum atomic E-state index is 12.5. The summed E-state index contributed by atoms with van der Waals surface area (Å²) < 4.78 is 38.7. The topological polar surface area (TPSA) is 38.1 Å². The van der Waals surface area contributed by atoms with Crippen molar-refractivity contribution in [2.24, 2.45) is 13.0 Å². The number of anilines is 1. The lowest BCUT2D eigenvalue weighted by atomic mass is 10.2.